The molecular formula is C23H24O5. The second-order valence-electron chi connectivity index (χ2n) is 6.88. The molecular weight excluding hydrogens is 356 g/mol. The zero-order valence-corrected chi connectivity index (χ0v) is 16.7. The van der Waals surface area contributed by atoms with Crippen molar-refractivity contribution >= 4 is 17.6 Å². The largest absolute Gasteiger partial charge is 0.496 e. The smallest absolute Gasteiger partial charge is 0.189 e. The molecule has 0 fully saturated rings. The molecule has 0 amide bonds. The van der Waals surface area contributed by atoms with E-state index in [2.05, 4.69) is 0 Å². The maximum atomic E-state index is 12.7. The van der Waals surface area contributed by atoms with Gasteiger partial charge in [0.1, 0.15) is 34.2 Å². The van der Waals surface area contributed by atoms with Crippen LogP contribution in [0.25, 0.3) is 11.8 Å². The Bertz CT molecular complexity index is 939. The first kappa shape index (κ1) is 19.5. The molecule has 146 valence electrons. The molecule has 0 saturated heterocycles. The number of carbonyl (C=O) groups excluding carboxylic acids is 1. The quantitative estimate of drug-likeness (QED) is 0.411. The summed E-state index contributed by atoms with van der Waals surface area (Å²) in [6, 6.07) is 10.8. The summed E-state index contributed by atoms with van der Waals surface area (Å²) in [6.07, 6.45) is 5.35. The van der Waals surface area contributed by atoms with Crippen LogP contribution in [0, 0.1) is 0 Å². The lowest BCUT2D eigenvalue weighted by Crippen LogP contribution is -2.27. The van der Waals surface area contributed by atoms with Crippen molar-refractivity contribution in [2.45, 2.75) is 19.4 Å². The van der Waals surface area contributed by atoms with E-state index in [-0.39, 0.29) is 5.78 Å². The molecule has 0 unspecified atom stereocenters. The summed E-state index contributed by atoms with van der Waals surface area (Å²) in [5.41, 5.74) is 1.46. The SMILES string of the molecule is COC(=CC(=O)c1ccccc1)c1c(OC)cc2c(c1OC)C=CC(C)(C)O2. The van der Waals surface area contributed by atoms with Crippen LogP contribution in [0.3, 0.4) is 0 Å². The highest BCUT2D eigenvalue weighted by molar-refractivity contribution is 6.08. The van der Waals surface area contributed by atoms with E-state index in [9.17, 15) is 4.79 Å². The Labute approximate surface area is 165 Å². The summed E-state index contributed by atoms with van der Waals surface area (Å²) >= 11 is 0. The Hall–Kier alpha value is -3.21. The molecule has 0 radical (unpaired) electrons. The van der Waals surface area contributed by atoms with Crippen molar-refractivity contribution in [2.75, 3.05) is 21.3 Å². The fraction of sp³-hybridized carbons (Fsp3) is 0.261. The van der Waals surface area contributed by atoms with Gasteiger partial charge in [0.2, 0.25) is 0 Å². The van der Waals surface area contributed by atoms with E-state index in [0.29, 0.717) is 34.1 Å². The maximum absolute atomic E-state index is 12.7. The molecule has 1 aliphatic rings. The number of carbonyl (C=O) groups is 1. The summed E-state index contributed by atoms with van der Waals surface area (Å²) in [5, 5.41) is 0. The van der Waals surface area contributed by atoms with Gasteiger partial charge in [-0.1, -0.05) is 30.3 Å². The molecule has 3 rings (SSSR count). The number of ether oxygens (including phenoxy) is 4. The standard InChI is InChI=1S/C23H24O5/c1-23(2)12-11-16-18(28-23)14-20(26-4)21(22(16)27-5)19(25-3)13-17(24)15-9-7-6-8-10-15/h6-14H,1-5H3. The molecule has 0 N–H and O–H groups in total. The second kappa shape index (κ2) is 7.80. The molecule has 0 aliphatic carbocycles. The van der Waals surface area contributed by atoms with Crippen molar-refractivity contribution in [3.63, 3.8) is 0 Å². The van der Waals surface area contributed by atoms with Crippen LogP contribution < -0.4 is 14.2 Å². The van der Waals surface area contributed by atoms with Gasteiger partial charge in [0.15, 0.2) is 5.78 Å². The van der Waals surface area contributed by atoms with E-state index >= 15 is 0 Å². The van der Waals surface area contributed by atoms with Gasteiger partial charge in [0.25, 0.3) is 0 Å². The highest BCUT2D eigenvalue weighted by atomic mass is 16.5. The number of fused-ring (bicyclic) bond motifs is 1. The lowest BCUT2D eigenvalue weighted by atomic mass is 9.97. The van der Waals surface area contributed by atoms with E-state index in [1.54, 1.807) is 32.4 Å². The monoisotopic (exact) mass is 380 g/mol. The van der Waals surface area contributed by atoms with Gasteiger partial charge < -0.3 is 18.9 Å². The van der Waals surface area contributed by atoms with Crippen LogP contribution in [0.2, 0.25) is 0 Å². The van der Waals surface area contributed by atoms with E-state index in [4.69, 9.17) is 18.9 Å². The van der Waals surface area contributed by atoms with Crippen LogP contribution in [-0.2, 0) is 4.74 Å². The number of ketones is 1. The fourth-order valence-corrected chi connectivity index (χ4v) is 3.12. The third-order valence-electron chi connectivity index (χ3n) is 4.48. The zero-order chi connectivity index (χ0) is 20.3. The first-order valence-electron chi connectivity index (χ1n) is 8.93. The van der Waals surface area contributed by atoms with E-state index < -0.39 is 5.60 Å². The van der Waals surface area contributed by atoms with Crippen molar-refractivity contribution in [3.05, 3.63) is 65.2 Å². The number of methoxy groups -OCH3 is 3. The van der Waals surface area contributed by atoms with E-state index in [1.807, 2.05) is 44.2 Å². The summed E-state index contributed by atoms with van der Waals surface area (Å²) in [7, 11) is 4.64. The van der Waals surface area contributed by atoms with Gasteiger partial charge in [-0.15, -0.1) is 0 Å². The minimum absolute atomic E-state index is 0.174. The first-order chi connectivity index (χ1) is 13.4. The summed E-state index contributed by atoms with van der Waals surface area (Å²) in [5.74, 6) is 1.84. The number of benzene rings is 2. The predicted octanol–water partition coefficient (Wildman–Crippen LogP) is 4.76. The molecule has 0 aromatic heterocycles. The Kier molecular flexibility index (Phi) is 5.45. The Morgan fingerprint density at radius 2 is 1.79 bits per heavy atom. The van der Waals surface area contributed by atoms with Gasteiger partial charge in [-0.3, -0.25) is 4.79 Å². The number of hydrogen-bond acceptors (Lipinski definition) is 5. The third kappa shape index (κ3) is 3.74. The van der Waals surface area contributed by atoms with Crippen molar-refractivity contribution in [2.24, 2.45) is 0 Å². The molecule has 5 heteroatoms. The molecule has 2 aromatic rings. The zero-order valence-electron chi connectivity index (χ0n) is 16.7. The molecule has 1 heterocycles. The highest BCUT2D eigenvalue weighted by Gasteiger charge is 2.29. The van der Waals surface area contributed by atoms with Crippen LogP contribution in [-0.4, -0.2) is 32.7 Å². The Balaban J connectivity index is 2.16. The average Bonchev–Trinajstić information content (AvgIpc) is 2.70. The minimum Gasteiger partial charge on any atom is -0.496 e. The van der Waals surface area contributed by atoms with Gasteiger partial charge in [-0.25, -0.2) is 0 Å². The van der Waals surface area contributed by atoms with Gasteiger partial charge in [0.05, 0.1) is 26.9 Å². The number of allylic oxidation sites excluding steroid dienone is 1. The summed E-state index contributed by atoms with van der Waals surface area (Å²) in [6.45, 7) is 3.94. The molecule has 0 bridgehead atoms. The molecule has 0 saturated carbocycles. The Morgan fingerprint density at radius 1 is 1.07 bits per heavy atom. The topological polar surface area (TPSA) is 54.0 Å². The van der Waals surface area contributed by atoms with Gasteiger partial charge in [0, 0.05) is 17.7 Å². The van der Waals surface area contributed by atoms with Crippen molar-refractivity contribution in [3.8, 4) is 17.2 Å². The van der Waals surface area contributed by atoms with Crippen LogP contribution in [0.1, 0.15) is 35.3 Å². The molecule has 28 heavy (non-hydrogen) atoms. The van der Waals surface area contributed by atoms with Gasteiger partial charge in [-0.05, 0) is 26.0 Å². The lowest BCUT2D eigenvalue weighted by Gasteiger charge is -2.30. The summed E-state index contributed by atoms with van der Waals surface area (Å²) < 4.78 is 22.9. The predicted molar refractivity (Wildman–Crippen MR) is 109 cm³/mol. The first-order valence-corrected chi connectivity index (χ1v) is 8.93. The van der Waals surface area contributed by atoms with E-state index in [0.717, 1.165) is 5.56 Å². The number of rotatable bonds is 6. The van der Waals surface area contributed by atoms with Crippen molar-refractivity contribution < 1.29 is 23.7 Å². The van der Waals surface area contributed by atoms with Gasteiger partial charge >= 0.3 is 0 Å². The fourth-order valence-electron chi connectivity index (χ4n) is 3.12. The van der Waals surface area contributed by atoms with Crippen molar-refractivity contribution in [1.82, 2.24) is 0 Å². The molecule has 2 aromatic carbocycles. The normalized spacial score (nSPS) is 14.7. The molecule has 0 spiro atoms. The maximum Gasteiger partial charge on any atom is 0.189 e. The third-order valence-corrected chi connectivity index (χ3v) is 4.48. The summed E-state index contributed by atoms with van der Waals surface area (Å²) in [4.78, 5) is 12.7. The van der Waals surface area contributed by atoms with Crippen molar-refractivity contribution in [1.29, 1.82) is 0 Å². The average molecular weight is 380 g/mol. The van der Waals surface area contributed by atoms with E-state index in [1.165, 1.54) is 13.2 Å². The van der Waals surface area contributed by atoms with Gasteiger partial charge in [-0.2, -0.15) is 0 Å². The second-order valence-corrected chi connectivity index (χ2v) is 6.88. The minimum atomic E-state index is -0.437. The lowest BCUT2D eigenvalue weighted by molar-refractivity contribution is 0.104. The van der Waals surface area contributed by atoms with Crippen LogP contribution in [0.4, 0.5) is 0 Å². The van der Waals surface area contributed by atoms with Crippen LogP contribution in [0.5, 0.6) is 17.2 Å². The highest BCUT2D eigenvalue weighted by Crippen LogP contribution is 2.46. The molecule has 1 aliphatic heterocycles. The Morgan fingerprint density at radius 3 is 2.39 bits per heavy atom. The van der Waals surface area contributed by atoms with Crippen LogP contribution >= 0.6 is 0 Å². The molecule has 5 nitrogen and oxygen atoms in total. The number of hydrogen-bond donors (Lipinski definition) is 0. The van der Waals surface area contributed by atoms with Crippen LogP contribution in [0.15, 0.2) is 48.6 Å². The molecule has 0 atom stereocenters.